The molecule has 0 spiro atoms. The van der Waals surface area contributed by atoms with Crippen LogP contribution in [0.15, 0.2) is 23.2 Å². The monoisotopic (exact) mass is 193 g/mol. The Morgan fingerprint density at radius 2 is 2.46 bits per heavy atom. The van der Waals surface area contributed by atoms with E-state index in [-0.39, 0.29) is 0 Å². The van der Waals surface area contributed by atoms with Crippen LogP contribution in [-0.4, -0.2) is 9.97 Å². The van der Waals surface area contributed by atoms with Crippen LogP contribution in [0.2, 0.25) is 0 Å². The van der Waals surface area contributed by atoms with Crippen molar-refractivity contribution < 1.29 is 0 Å². The molecule has 0 radical (unpaired) electrons. The molecule has 4 heteroatoms. The molecular formula is C9H11N3S. The van der Waals surface area contributed by atoms with Gasteiger partial charge in [-0.2, -0.15) is 11.3 Å². The van der Waals surface area contributed by atoms with Crippen LogP contribution in [0.25, 0.3) is 0 Å². The van der Waals surface area contributed by atoms with Crippen LogP contribution in [0.1, 0.15) is 11.1 Å². The summed E-state index contributed by atoms with van der Waals surface area (Å²) >= 11 is 1.73. The second-order valence-electron chi connectivity index (χ2n) is 2.87. The van der Waals surface area contributed by atoms with Crippen molar-refractivity contribution in [3.8, 4) is 0 Å². The minimum Gasteiger partial charge on any atom is -0.352 e. The van der Waals surface area contributed by atoms with Gasteiger partial charge in [0.1, 0.15) is 0 Å². The molecule has 0 amide bonds. The summed E-state index contributed by atoms with van der Waals surface area (Å²) < 4.78 is 0. The van der Waals surface area contributed by atoms with Crippen LogP contribution < -0.4 is 5.32 Å². The van der Waals surface area contributed by atoms with Gasteiger partial charge in [-0.15, -0.1) is 0 Å². The van der Waals surface area contributed by atoms with E-state index in [9.17, 15) is 0 Å². The number of nitrogens with one attached hydrogen (secondary N) is 2. The Morgan fingerprint density at radius 1 is 1.54 bits per heavy atom. The summed E-state index contributed by atoms with van der Waals surface area (Å²) in [6.07, 6.45) is 3.55. The number of aromatic nitrogens is 2. The third kappa shape index (κ3) is 1.89. The van der Waals surface area contributed by atoms with E-state index >= 15 is 0 Å². The van der Waals surface area contributed by atoms with E-state index in [1.165, 1.54) is 11.1 Å². The first-order valence-electron chi connectivity index (χ1n) is 4.11. The van der Waals surface area contributed by atoms with Crippen LogP contribution in [-0.2, 0) is 6.54 Å². The lowest BCUT2D eigenvalue weighted by Gasteiger charge is -2.01. The zero-order valence-corrected chi connectivity index (χ0v) is 8.19. The van der Waals surface area contributed by atoms with E-state index in [0.29, 0.717) is 0 Å². The van der Waals surface area contributed by atoms with Crippen molar-refractivity contribution in [3.05, 3.63) is 34.3 Å². The molecule has 68 valence electrons. The Morgan fingerprint density at radius 3 is 3.08 bits per heavy atom. The van der Waals surface area contributed by atoms with E-state index in [0.717, 1.165) is 12.5 Å². The highest BCUT2D eigenvalue weighted by Gasteiger charge is 1.99. The van der Waals surface area contributed by atoms with Crippen LogP contribution in [0.5, 0.6) is 0 Å². The molecule has 0 aliphatic rings. The number of aromatic amines is 1. The third-order valence-electron chi connectivity index (χ3n) is 1.91. The molecule has 2 aromatic rings. The number of rotatable bonds is 3. The quantitative estimate of drug-likeness (QED) is 0.785. The SMILES string of the molecule is Cc1cscc1CNc1ncc[nH]1. The predicted octanol–water partition coefficient (Wildman–Crippen LogP) is 2.39. The molecule has 0 aliphatic carbocycles. The number of hydrogen-bond acceptors (Lipinski definition) is 3. The average Bonchev–Trinajstić information content (AvgIpc) is 2.72. The average molecular weight is 193 g/mol. The Balaban J connectivity index is 1.97. The second-order valence-corrected chi connectivity index (χ2v) is 3.61. The molecule has 0 atom stereocenters. The lowest BCUT2D eigenvalue weighted by molar-refractivity contribution is 1.09. The van der Waals surface area contributed by atoms with Gasteiger partial charge in [-0.1, -0.05) is 0 Å². The Hall–Kier alpha value is -1.29. The van der Waals surface area contributed by atoms with Crippen LogP contribution in [0.3, 0.4) is 0 Å². The summed E-state index contributed by atoms with van der Waals surface area (Å²) in [6, 6.07) is 0. The van der Waals surface area contributed by atoms with Crippen LogP contribution in [0, 0.1) is 6.92 Å². The molecule has 2 N–H and O–H groups in total. The van der Waals surface area contributed by atoms with E-state index < -0.39 is 0 Å². The maximum absolute atomic E-state index is 4.08. The van der Waals surface area contributed by atoms with Crippen molar-refractivity contribution in [1.82, 2.24) is 9.97 Å². The second kappa shape index (κ2) is 3.62. The zero-order chi connectivity index (χ0) is 9.10. The molecule has 0 fully saturated rings. The van der Waals surface area contributed by atoms with Gasteiger partial charge in [-0.05, 0) is 28.8 Å². The van der Waals surface area contributed by atoms with Crippen molar-refractivity contribution in [3.63, 3.8) is 0 Å². The Kier molecular flexibility index (Phi) is 2.31. The van der Waals surface area contributed by atoms with Gasteiger partial charge >= 0.3 is 0 Å². The molecule has 0 bridgehead atoms. The highest BCUT2D eigenvalue weighted by molar-refractivity contribution is 7.08. The molecule has 0 unspecified atom stereocenters. The van der Waals surface area contributed by atoms with Crippen molar-refractivity contribution in [1.29, 1.82) is 0 Å². The van der Waals surface area contributed by atoms with Crippen molar-refractivity contribution in [2.75, 3.05) is 5.32 Å². The first kappa shape index (κ1) is 8.31. The lowest BCUT2D eigenvalue weighted by atomic mass is 10.2. The fourth-order valence-electron chi connectivity index (χ4n) is 1.11. The number of thiophene rings is 1. The van der Waals surface area contributed by atoms with Gasteiger partial charge in [0.05, 0.1) is 0 Å². The number of H-pyrrole nitrogens is 1. The van der Waals surface area contributed by atoms with Gasteiger partial charge in [0.25, 0.3) is 0 Å². The topological polar surface area (TPSA) is 40.7 Å². The minimum atomic E-state index is 0.825. The molecule has 0 aliphatic heterocycles. The maximum Gasteiger partial charge on any atom is 0.200 e. The highest BCUT2D eigenvalue weighted by Crippen LogP contribution is 2.14. The largest absolute Gasteiger partial charge is 0.352 e. The number of nitrogens with zero attached hydrogens (tertiary/aromatic N) is 1. The summed E-state index contributed by atoms with van der Waals surface area (Å²) in [6.45, 7) is 2.96. The van der Waals surface area contributed by atoms with Crippen molar-refractivity contribution >= 4 is 17.3 Å². The minimum absolute atomic E-state index is 0.825. The molecule has 2 heterocycles. The molecular weight excluding hydrogens is 182 g/mol. The van der Waals surface area contributed by atoms with E-state index in [4.69, 9.17) is 0 Å². The normalized spacial score (nSPS) is 10.2. The molecule has 0 aromatic carbocycles. The molecule has 3 nitrogen and oxygen atoms in total. The summed E-state index contributed by atoms with van der Waals surface area (Å²) in [7, 11) is 0. The summed E-state index contributed by atoms with van der Waals surface area (Å²) in [5, 5.41) is 7.52. The lowest BCUT2D eigenvalue weighted by Crippen LogP contribution is -2.00. The predicted molar refractivity (Wildman–Crippen MR) is 55.0 cm³/mol. The maximum atomic E-state index is 4.08. The Labute approximate surface area is 80.8 Å². The van der Waals surface area contributed by atoms with Crippen molar-refractivity contribution in [2.45, 2.75) is 13.5 Å². The first-order valence-corrected chi connectivity index (χ1v) is 5.05. The van der Waals surface area contributed by atoms with Gasteiger partial charge in [-0.25, -0.2) is 4.98 Å². The number of hydrogen-bond donors (Lipinski definition) is 2. The van der Waals surface area contributed by atoms with Gasteiger partial charge in [0.2, 0.25) is 0 Å². The standard InChI is InChI=1S/C9H11N3S/c1-7-5-13-6-8(7)4-12-9-10-2-3-11-9/h2-3,5-6H,4H2,1H3,(H2,10,11,12). The van der Waals surface area contributed by atoms with Gasteiger partial charge < -0.3 is 10.3 Å². The smallest absolute Gasteiger partial charge is 0.200 e. The van der Waals surface area contributed by atoms with Gasteiger partial charge in [0, 0.05) is 18.9 Å². The van der Waals surface area contributed by atoms with E-state index in [1.54, 1.807) is 17.5 Å². The highest BCUT2D eigenvalue weighted by atomic mass is 32.1. The van der Waals surface area contributed by atoms with E-state index in [2.05, 4.69) is 33.0 Å². The van der Waals surface area contributed by atoms with Gasteiger partial charge in [0.15, 0.2) is 5.95 Å². The molecule has 13 heavy (non-hydrogen) atoms. The number of imidazole rings is 1. The van der Waals surface area contributed by atoms with Crippen LogP contribution >= 0.6 is 11.3 Å². The first-order chi connectivity index (χ1) is 6.36. The van der Waals surface area contributed by atoms with Crippen molar-refractivity contribution in [2.24, 2.45) is 0 Å². The summed E-state index contributed by atoms with van der Waals surface area (Å²) in [4.78, 5) is 7.08. The number of aryl methyl sites for hydroxylation is 1. The van der Waals surface area contributed by atoms with Crippen LogP contribution in [0.4, 0.5) is 5.95 Å². The Bertz CT molecular complexity index is 364. The molecule has 2 aromatic heterocycles. The fourth-order valence-corrected chi connectivity index (χ4v) is 1.97. The molecule has 0 saturated heterocycles. The third-order valence-corrected chi connectivity index (χ3v) is 2.82. The zero-order valence-electron chi connectivity index (χ0n) is 7.37. The molecule has 0 saturated carbocycles. The number of anilines is 1. The fraction of sp³-hybridized carbons (Fsp3) is 0.222. The summed E-state index contributed by atoms with van der Waals surface area (Å²) in [5.74, 6) is 0.825. The van der Waals surface area contributed by atoms with E-state index in [1.807, 2.05) is 6.20 Å². The summed E-state index contributed by atoms with van der Waals surface area (Å²) in [5.41, 5.74) is 2.67. The molecule has 2 rings (SSSR count). The van der Waals surface area contributed by atoms with Gasteiger partial charge in [-0.3, -0.25) is 0 Å².